The molecule has 0 aliphatic heterocycles. The van der Waals surface area contributed by atoms with Gasteiger partial charge in [-0.2, -0.15) is 0 Å². The summed E-state index contributed by atoms with van der Waals surface area (Å²) in [5.74, 6) is -0.635. The minimum atomic E-state index is -0.463. The van der Waals surface area contributed by atoms with Gasteiger partial charge in [0.1, 0.15) is 6.42 Å². The van der Waals surface area contributed by atoms with E-state index in [0.29, 0.717) is 12.2 Å². The number of ether oxygens (including phenoxy) is 1. The van der Waals surface area contributed by atoms with Gasteiger partial charge in [-0.15, -0.1) is 0 Å². The molecule has 3 heteroatoms. The zero-order valence-corrected chi connectivity index (χ0v) is 9.87. The summed E-state index contributed by atoms with van der Waals surface area (Å²) in [6.07, 6.45) is -0.181. The molecule has 0 radical (unpaired) electrons. The van der Waals surface area contributed by atoms with E-state index in [1.807, 2.05) is 32.0 Å². The normalized spacial score (nSPS) is 9.94. The van der Waals surface area contributed by atoms with Gasteiger partial charge >= 0.3 is 5.97 Å². The second kappa shape index (κ2) is 5.45. The first-order valence-electron chi connectivity index (χ1n) is 5.31. The predicted molar refractivity (Wildman–Crippen MR) is 61.5 cm³/mol. The summed E-state index contributed by atoms with van der Waals surface area (Å²) >= 11 is 0. The van der Waals surface area contributed by atoms with Gasteiger partial charge in [0.25, 0.3) is 0 Å². The molecule has 0 atom stereocenters. The largest absolute Gasteiger partial charge is 0.466 e. The maximum atomic E-state index is 11.9. The number of esters is 1. The fourth-order valence-electron chi connectivity index (χ4n) is 1.69. The van der Waals surface area contributed by atoms with Crippen LogP contribution in [0, 0.1) is 13.8 Å². The lowest BCUT2D eigenvalue weighted by Crippen LogP contribution is -2.13. The van der Waals surface area contributed by atoms with E-state index in [4.69, 9.17) is 4.74 Å². The highest BCUT2D eigenvalue weighted by atomic mass is 16.5. The van der Waals surface area contributed by atoms with Gasteiger partial charge < -0.3 is 4.74 Å². The van der Waals surface area contributed by atoms with Gasteiger partial charge in [-0.1, -0.05) is 18.2 Å². The molecule has 0 N–H and O–H groups in total. The lowest BCUT2D eigenvalue weighted by atomic mass is 9.98. The van der Waals surface area contributed by atoms with Crippen molar-refractivity contribution >= 4 is 11.8 Å². The molecule has 0 amide bonds. The van der Waals surface area contributed by atoms with Gasteiger partial charge in [-0.25, -0.2) is 0 Å². The smallest absolute Gasteiger partial charge is 0.313 e. The molecule has 16 heavy (non-hydrogen) atoms. The van der Waals surface area contributed by atoms with Crippen molar-refractivity contribution in [3.63, 3.8) is 0 Å². The molecule has 0 aromatic heterocycles. The molecule has 0 bridgehead atoms. The number of carbonyl (C=O) groups excluding carboxylic acids is 2. The van der Waals surface area contributed by atoms with Crippen LogP contribution in [-0.2, 0) is 9.53 Å². The number of aryl methyl sites for hydroxylation is 2. The molecule has 0 heterocycles. The van der Waals surface area contributed by atoms with E-state index in [0.717, 1.165) is 11.1 Å². The molecular weight excluding hydrogens is 204 g/mol. The van der Waals surface area contributed by atoms with Crippen molar-refractivity contribution in [1.29, 1.82) is 0 Å². The molecule has 0 aliphatic carbocycles. The third kappa shape index (κ3) is 2.92. The van der Waals surface area contributed by atoms with Crippen molar-refractivity contribution in [2.75, 3.05) is 6.61 Å². The molecule has 1 aromatic carbocycles. The van der Waals surface area contributed by atoms with Crippen molar-refractivity contribution in [1.82, 2.24) is 0 Å². The molecule has 86 valence electrons. The van der Waals surface area contributed by atoms with E-state index in [-0.39, 0.29) is 12.2 Å². The molecule has 0 saturated heterocycles. The fourth-order valence-corrected chi connectivity index (χ4v) is 1.69. The molecule has 1 rings (SSSR count). The summed E-state index contributed by atoms with van der Waals surface area (Å²) in [5.41, 5.74) is 2.43. The van der Waals surface area contributed by atoms with Crippen molar-refractivity contribution in [3.05, 3.63) is 34.9 Å². The Morgan fingerprint density at radius 2 is 1.75 bits per heavy atom. The minimum Gasteiger partial charge on any atom is -0.466 e. The molecule has 0 unspecified atom stereocenters. The Kier molecular flexibility index (Phi) is 4.23. The first kappa shape index (κ1) is 12.4. The third-order valence-electron chi connectivity index (χ3n) is 2.37. The Balaban J connectivity index is 2.85. The molecule has 1 aromatic rings. The average molecular weight is 220 g/mol. The third-order valence-corrected chi connectivity index (χ3v) is 2.37. The predicted octanol–water partition coefficient (Wildman–Crippen LogP) is 2.44. The Labute approximate surface area is 95.4 Å². The second-order valence-electron chi connectivity index (χ2n) is 3.67. The number of rotatable bonds is 4. The lowest BCUT2D eigenvalue weighted by molar-refractivity contribution is -0.141. The highest BCUT2D eigenvalue weighted by molar-refractivity contribution is 6.07. The SMILES string of the molecule is CCOC(=O)CC(=O)c1c(C)cccc1C. The first-order valence-corrected chi connectivity index (χ1v) is 5.31. The standard InChI is InChI=1S/C13H16O3/c1-4-16-12(15)8-11(14)13-9(2)6-5-7-10(13)3/h5-7H,4,8H2,1-3H3. The second-order valence-corrected chi connectivity index (χ2v) is 3.67. The van der Waals surface area contributed by atoms with Crippen LogP contribution in [0.25, 0.3) is 0 Å². The van der Waals surface area contributed by atoms with Crippen molar-refractivity contribution < 1.29 is 14.3 Å². The van der Waals surface area contributed by atoms with Crippen LogP contribution in [0.4, 0.5) is 0 Å². The summed E-state index contributed by atoms with van der Waals surface area (Å²) in [7, 11) is 0. The number of benzene rings is 1. The summed E-state index contributed by atoms with van der Waals surface area (Å²) in [5, 5.41) is 0. The number of ketones is 1. The zero-order valence-electron chi connectivity index (χ0n) is 9.87. The number of Topliss-reactive ketones (excluding diaryl/α,β-unsaturated/α-hetero) is 1. The van der Waals surface area contributed by atoms with Gasteiger partial charge in [0, 0.05) is 5.56 Å². The van der Waals surface area contributed by atoms with E-state index < -0.39 is 5.97 Å². The molecule has 0 fully saturated rings. The van der Waals surface area contributed by atoms with E-state index in [1.165, 1.54) is 0 Å². The minimum absolute atomic E-state index is 0.172. The lowest BCUT2D eigenvalue weighted by Gasteiger charge is -2.07. The van der Waals surface area contributed by atoms with Crippen LogP contribution in [0.1, 0.15) is 34.8 Å². The van der Waals surface area contributed by atoms with Crippen LogP contribution >= 0.6 is 0 Å². The number of hydrogen-bond acceptors (Lipinski definition) is 3. The summed E-state index contributed by atoms with van der Waals surface area (Å²) in [6.45, 7) is 5.76. The maximum Gasteiger partial charge on any atom is 0.313 e. The van der Waals surface area contributed by atoms with Crippen molar-refractivity contribution in [3.8, 4) is 0 Å². The molecule has 3 nitrogen and oxygen atoms in total. The Hall–Kier alpha value is -1.64. The molecule has 0 spiro atoms. The highest BCUT2D eigenvalue weighted by Crippen LogP contribution is 2.15. The summed E-state index contributed by atoms with van der Waals surface area (Å²) < 4.78 is 4.75. The molecule has 0 aliphatic rings. The highest BCUT2D eigenvalue weighted by Gasteiger charge is 2.16. The van der Waals surface area contributed by atoms with Crippen LogP contribution < -0.4 is 0 Å². The fraction of sp³-hybridized carbons (Fsp3) is 0.385. The van der Waals surface area contributed by atoms with Gasteiger partial charge in [-0.3, -0.25) is 9.59 Å². The quantitative estimate of drug-likeness (QED) is 0.444. The summed E-state index contributed by atoms with van der Waals surface area (Å²) in [6, 6.07) is 5.63. The van der Waals surface area contributed by atoms with Crippen LogP contribution in [0.3, 0.4) is 0 Å². The van der Waals surface area contributed by atoms with E-state index in [2.05, 4.69) is 0 Å². The Morgan fingerprint density at radius 1 is 1.19 bits per heavy atom. The zero-order chi connectivity index (χ0) is 12.1. The molecular formula is C13H16O3. The van der Waals surface area contributed by atoms with Crippen LogP contribution in [-0.4, -0.2) is 18.4 Å². The average Bonchev–Trinajstić information content (AvgIpc) is 2.17. The topological polar surface area (TPSA) is 43.4 Å². The summed E-state index contributed by atoms with van der Waals surface area (Å²) in [4.78, 5) is 23.1. The van der Waals surface area contributed by atoms with Crippen molar-refractivity contribution in [2.45, 2.75) is 27.2 Å². The van der Waals surface area contributed by atoms with E-state index in [1.54, 1.807) is 6.92 Å². The first-order chi connectivity index (χ1) is 7.56. The number of carbonyl (C=O) groups is 2. The Bertz CT molecular complexity index is 387. The van der Waals surface area contributed by atoms with Gasteiger partial charge in [0.05, 0.1) is 6.61 Å². The number of hydrogen-bond donors (Lipinski definition) is 0. The van der Waals surface area contributed by atoms with Crippen LogP contribution in [0.2, 0.25) is 0 Å². The van der Waals surface area contributed by atoms with Gasteiger partial charge in [0.2, 0.25) is 0 Å². The van der Waals surface area contributed by atoms with E-state index in [9.17, 15) is 9.59 Å². The van der Waals surface area contributed by atoms with E-state index >= 15 is 0 Å². The molecule has 0 saturated carbocycles. The Morgan fingerprint density at radius 3 is 2.25 bits per heavy atom. The van der Waals surface area contributed by atoms with Crippen LogP contribution in [0.15, 0.2) is 18.2 Å². The monoisotopic (exact) mass is 220 g/mol. The van der Waals surface area contributed by atoms with Crippen LogP contribution in [0.5, 0.6) is 0 Å². The van der Waals surface area contributed by atoms with Gasteiger partial charge in [-0.05, 0) is 31.9 Å². The van der Waals surface area contributed by atoms with Gasteiger partial charge in [0.15, 0.2) is 5.78 Å². The maximum absolute atomic E-state index is 11.9. The van der Waals surface area contributed by atoms with Crippen molar-refractivity contribution in [2.24, 2.45) is 0 Å².